The minimum absolute atomic E-state index is 0.0541. The molecule has 1 heterocycles. The Balaban J connectivity index is 2.45. The molecule has 1 unspecified atom stereocenters. The van der Waals surface area contributed by atoms with Crippen molar-refractivity contribution in [3.8, 4) is 5.75 Å². The molecule has 1 aromatic carbocycles. The van der Waals surface area contributed by atoms with Crippen LogP contribution in [0, 0.1) is 0 Å². The van der Waals surface area contributed by atoms with E-state index in [0.29, 0.717) is 6.04 Å². The van der Waals surface area contributed by atoms with Crippen LogP contribution < -0.4 is 10.1 Å². The van der Waals surface area contributed by atoms with Crippen LogP contribution in [-0.2, 0) is 6.42 Å². The third-order valence-electron chi connectivity index (χ3n) is 4.15. The zero-order chi connectivity index (χ0) is 13.3. The Morgan fingerprint density at radius 1 is 1.39 bits per heavy atom. The first-order valence-corrected chi connectivity index (χ1v) is 6.55. The fourth-order valence-electron chi connectivity index (χ4n) is 2.93. The zero-order valence-electron chi connectivity index (χ0n) is 12.1. The lowest BCUT2D eigenvalue weighted by molar-refractivity contribution is 0.137. The molecule has 0 bridgehead atoms. The zero-order valence-corrected chi connectivity index (χ0v) is 12.1. The molecular formula is C15H24N2O. The fourth-order valence-corrected chi connectivity index (χ4v) is 2.93. The van der Waals surface area contributed by atoms with Gasteiger partial charge in [-0.1, -0.05) is 6.07 Å². The van der Waals surface area contributed by atoms with Crippen LogP contribution >= 0.6 is 0 Å². The lowest BCUT2D eigenvalue weighted by Gasteiger charge is -2.44. The Labute approximate surface area is 110 Å². The number of nitrogens with one attached hydrogen (secondary N) is 1. The predicted octanol–water partition coefficient (Wildman–Crippen LogP) is 2.22. The first-order valence-electron chi connectivity index (χ1n) is 6.55. The van der Waals surface area contributed by atoms with Gasteiger partial charge in [0.15, 0.2) is 0 Å². The van der Waals surface area contributed by atoms with E-state index in [-0.39, 0.29) is 5.54 Å². The van der Waals surface area contributed by atoms with Gasteiger partial charge in [-0.05, 0) is 57.6 Å². The van der Waals surface area contributed by atoms with Crippen molar-refractivity contribution < 1.29 is 4.74 Å². The van der Waals surface area contributed by atoms with Gasteiger partial charge in [0.05, 0.1) is 13.2 Å². The number of likely N-dealkylation sites (N-methyl/N-ethyl adjacent to an activating group) is 2. The molecule has 1 atom stereocenters. The molecular weight excluding hydrogens is 224 g/mol. The van der Waals surface area contributed by atoms with Crippen molar-refractivity contribution in [2.75, 3.05) is 27.7 Å². The van der Waals surface area contributed by atoms with Gasteiger partial charge < -0.3 is 10.1 Å². The third-order valence-corrected chi connectivity index (χ3v) is 4.15. The maximum Gasteiger partial charge on any atom is 0.119 e. The van der Waals surface area contributed by atoms with Gasteiger partial charge in [0.1, 0.15) is 5.75 Å². The topological polar surface area (TPSA) is 24.5 Å². The molecule has 0 amide bonds. The normalized spacial score (nSPS) is 20.6. The van der Waals surface area contributed by atoms with E-state index in [1.165, 1.54) is 11.1 Å². The highest BCUT2D eigenvalue weighted by Gasteiger charge is 2.36. The minimum atomic E-state index is 0.0541. The highest BCUT2D eigenvalue weighted by Crippen LogP contribution is 2.37. The number of nitrogens with zero attached hydrogens (tertiary/aromatic N) is 1. The van der Waals surface area contributed by atoms with Crippen LogP contribution in [0.1, 0.15) is 31.0 Å². The van der Waals surface area contributed by atoms with Gasteiger partial charge in [0.25, 0.3) is 0 Å². The van der Waals surface area contributed by atoms with Gasteiger partial charge in [-0.25, -0.2) is 0 Å². The molecule has 3 heteroatoms. The lowest BCUT2D eigenvalue weighted by Crippen LogP contribution is -2.51. The van der Waals surface area contributed by atoms with Crippen LogP contribution in [0.2, 0.25) is 0 Å². The minimum Gasteiger partial charge on any atom is -0.497 e. The van der Waals surface area contributed by atoms with E-state index in [1.807, 2.05) is 7.05 Å². The average Bonchev–Trinajstić information content (AvgIpc) is 2.37. The Bertz CT molecular complexity index is 429. The molecule has 0 spiro atoms. The number of hydrogen-bond acceptors (Lipinski definition) is 3. The van der Waals surface area contributed by atoms with Gasteiger partial charge in [0, 0.05) is 12.1 Å². The van der Waals surface area contributed by atoms with E-state index in [0.717, 1.165) is 18.7 Å². The van der Waals surface area contributed by atoms with Gasteiger partial charge in [-0.2, -0.15) is 0 Å². The maximum absolute atomic E-state index is 5.33. The molecule has 0 fully saturated rings. The van der Waals surface area contributed by atoms with E-state index in [1.54, 1.807) is 7.11 Å². The summed E-state index contributed by atoms with van der Waals surface area (Å²) in [5, 5.41) is 3.44. The fraction of sp³-hybridized carbons (Fsp3) is 0.600. The van der Waals surface area contributed by atoms with Gasteiger partial charge >= 0.3 is 0 Å². The van der Waals surface area contributed by atoms with E-state index in [2.05, 4.69) is 49.3 Å². The van der Waals surface area contributed by atoms with Gasteiger partial charge in [-0.15, -0.1) is 0 Å². The molecule has 0 saturated heterocycles. The summed E-state index contributed by atoms with van der Waals surface area (Å²) in [4.78, 5) is 2.44. The number of rotatable bonds is 3. The molecule has 2 rings (SSSR count). The molecule has 18 heavy (non-hydrogen) atoms. The average molecular weight is 248 g/mol. The quantitative estimate of drug-likeness (QED) is 0.887. The van der Waals surface area contributed by atoms with Crippen molar-refractivity contribution in [1.82, 2.24) is 10.2 Å². The van der Waals surface area contributed by atoms with Crippen molar-refractivity contribution in [3.05, 3.63) is 29.3 Å². The molecule has 0 aliphatic carbocycles. The van der Waals surface area contributed by atoms with Crippen molar-refractivity contribution in [3.63, 3.8) is 0 Å². The Morgan fingerprint density at radius 3 is 2.72 bits per heavy atom. The molecule has 1 aliphatic heterocycles. The van der Waals surface area contributed by atoms with Crippen molar-refractivity contribution in [1.29, 1.82) is 0 Å². The summed E-state index contributed by atoms with van der Waals surface area (Å²) in [5.74, 6) is 0.958. The van der Waals surface area contributed by atoms with Crippen LogP contribution in [0.25, 0.3) is 0 Å². The van der Waals surface area contributed by atoms with Crippen molar-refractivity contribution >= 4 is 0 Å². The number of methoxy groups -OCH3 is 1. The van der Waals surface area contributed by atoms with Gasteiger partial charge in [0.2, 0.25) is 0 Å². The molecule has 1 aliphatic rings. The largest absolute Gasteiger partial charge is 0.497 e. The summed E-state index contributed by atoms with van der Waals surface area (Å²) in [6.45, 7) is 5.61. The third kappa shape index (κ3) is 2.25. The second kappa shape index (κ2) is 4.90. The number of hydrogen-bond donors (Lipinski definition) is 1. The number of fused-ring (bicyclic) bond motifs is 1. The van der Waals surface area contributed by atoms with E-state index < -0.39 is 0 Å². The van der Waals surface area contributed by atoms with Crippen LogP contribution in [-0.4, -0.2) is 38.2 Å². The van der Waals surface area contributed by atoms with Crippen LogP contribution in [0.3, 0.4) is 0 Å². The predicted molar refractivity (Wildman–Crippen MR) is 75.2 cm³/mol. The Hall–Kier alpha value is -1.06. The molecule has 0 saturated carbocycles. The first-order chi connectivity index (χ1) is 8.49. The van der Waals surface area contributed by atoms with Crippen LogP contribution in [0.5, 0.6) is 5.75 Å². The highest BCUT2D eigenvalue weighted by molar-refractivity contribution is 5.40. The smallest absolute Gasteiger partial charge is 0.119 e. The monoisotopic (exact) mass is 248 g/mol. The number of ether oxygens (including phenoxy) is 1. The molecule has 100 valence electrons. The standard InChI is InChI=1S/C15H24N2O/c1-15(2,16-3)14-13-7-6-12(18-5)10-11(13)8-9-17(14)4/h6-7,10,14,16H,8-9H2,1-5H3. The molecule has 3 nitrogen and oxygen atoms in total. The SMILES string of the molecule is CNC(C)(C)C1c2ccc(OC)cc2CCN1C. The second-order valence-electron chi connectivity index (χ2n) is 5.67. The summed E-state index contributed by atoms with van der Waals surface area (Å²) in [6, 6.07) is 6.86. The molecule has 1 aromatic rings. The van der Waals surface area contributed by atoms with E-state index >= 15 is 0 Å². The molecule has 1 N–H and O–H groups in total. The van der Waals surface area contributed by atoms with Crippen molar-refractivity contribution in [2.45, 2.75) is 31.8 Å². The first kappa shape index (κ1) is 13.4. The summed E-state index contributed by atoms with van der Waals surface area (Å²) in [6.07, 6.45) is 1.10. The van der Waals surface area contributed by atoms with E-state index in [4.69, 9.17) is 4.74 Å². The van der Waals surface area contributed by atoms with Gasteiger partial charge in [-0.3, -0.25) is 4.90 Å². The Kier molecular flexibility index (Phi) is 3.64. The summed E-state index contributed by atoms with van der Waals surface area (Å²) in [5.41, 5.74) is 2.89. The second-order valence-corrected chi connectivity index (χ2v) is 5.67. The molecule has 0 radical (unpaired) electrons. The van der Waals surface area contributed by atoms with Crippen molar-refractivity contribution in [2.24, 2.45) is 0 Å². The summed E-state index contributed by atoms with van der Waals surface area (Å²) >= 11 is 0. The summed E-state index contributed by atoms with van der Waals surface area (Å²) in [7, 11) is 5.97. The van der Waals surface area contributed by atoms with Crippen LogP contribution in [0.4, 0.5) is 0 Å². The van der Waals surface area contributed by atoms with E-state index in [9.17, 15) is 0 Å². The van der Waals surface area contributed by atoms with Crippen LogP contribution in [0.15, 0.2) is 18.2 Å². The highest BCUT2D eigenvalue weighted by atomic mass is 16.5. The number of benzene rings is 1. The molecule has 0 aromatic heterocycles. The lowest BCUT2D eigenvalue weighted by atomic mass is 9.82. The summed E-state index contributed by atoms with van der Waals surface area (Å²) < 4.78 is 5.33. The Morgan fingerprint density at radius 2 is 2.11 bits per heavy atom. The maximum atomic E-state index is 5.33.